The topological polar surface area (TPSA) is 62.1 Å². The van der Waals surface area contributed by atoms with Crippen LogP contribution in [0.2, 0.25) is 0 Å². The number of carboxylic acid groups (broad SMARTS) is 1. The molecule has 1 N–H and O–H groups in total. The van der Waals surface area contributed by atoms with Crippen molar-refractivity contribution in [2.45, 2.75) is 6.42 Å². The lowest BCUT2D eigenvalue weighted by Crippen LogP contribution is -2.34. The quantitative estimate of drug-likeness (QED) is 0.522. The Bertz CT molecular complexity index is 261. The molecule has 0 amide bonds. The maximum absolute atomic E-state index is 10.5. The summed E-state index contributed by atoms with van der Waals surface area (Å²) in [5.41, 5.74) is 0.999. The molecule has 0 fully saturated rings. The third kappa shape index (κ3) is 3.57. The van der Waals surface area contributed by atoms with Gasteiger partial charge in [0.05, 0.1) is 12.8 Å². The summed E-state index contributed by atoms with van der Waals surface area (Å²) in [4.78, 5) is 16.9. The summed E-state index contributed by atoms with van der Waals surface area (Å²) in [7, 11) is 1.48. The summed E-state index contributed by atoms with van der Waals surface area (Å²) in [6, 6.07) is 0. The third-order valence-electron chi connectivity index (χ3n) is 1.94. The number of carbonyl (C=O) groups is 1. The first-order chi connectivity index (χ1) is 6.72. The van der Waals surface area contributed by atoms with Gasteiger partial charge in [-0.05, 0) is 12.0 Å². The normalized spacial score (nSPS) is 18.2. The lowest BCUT2D eigenvalue weighted by atomic mass is 10.1. The van der Waals surface area contributed by atoms with Crippen LogP contribution in [0.25, 0.3) is 0 Å². The molecule has 0 aliphatic carbocycles. The summed E-state index contributed by atoms with van der Waals surface area (Å²) in [5.74, 6) is -0.796. The van der Waals surface area contributed by atoms with E-state index < -0.39 is 5.97 Å². The van der Waals surface area contributed by atoms with Crippen LogP contribution >= 0.6 is 0 Å². The third-order valence-corrected chi connectivity index (χ3v) is 1.94. The summed E-state index contributed by atoms with van der Waals surface area (Å²) in [6.07, 6.45) is 4.52. The first-order valence-corrected chi connectivity index (χ1v) is 4.42. The average molecular weight is 198 g/mol. The molecule has 1 aliphatic rings. The number of rotatable bonds is 4. The molecule has 0 bridgehead atoms. The Morgan fingerprint density at radius 1 is 1.86 bits per heavy atom. The predicted octanol–water partition coefficient (Wildman–Crippen LogP) is 0.335. The van der Waals surface area contributed by atoms with Gasteiger partial charge in [0.15, 0.2) is 0 Å². The number of aliphatic carboxylic acids is 1. The van der Waals surface area contributed by atoms with E-state index in [1.807, 2.05) is 11.0 Å². The minimum Gasteiger partial charge on any atom is -0.480 e. The lowest BCUT2D eigenvalue weighted by Gasteiger charge is -2.23. The van der Waals surface area contributed by atoms with Crippen LogP contribution in [0.3, 0.4) is 0 Å². The summed E-state index contributed by atoms with van der Waals surface area (Å²) >= 11 is 0. The van der Waals surface area contributed by atoms with E-state index in [-0.39, 0.29) is 6.54 Å². The zero-order valence-electron chi connectivity index (χ0n) is 8.14. The second kappa shape index (κ2) is 5.39. The molecule has 0 aromatic rings. The maximum atomic E-state index is 10.5. The van der Waals surface area contributed by atoms with Crippen LogP contribution in [-0.4, -0.2) is 48.9 Å². The van der Waals surface area contributed by atoms with Crippen LogP contribution in [0.15, 0.2) is 16.8 Å². The van der Waals surface area contributed by atoms with Gasteiger partial charge in [0, 0.05) is 13.1 Å². The van der Waals surface area contributed by atoms with E-state index in [0.717, 1.165) is 18.5 Å². The molecular weight excluding hydrogens is 184 g/mol. The van der Waals surface area contributed by atoms with Crippen LogP contribution in [0.1, 0.15) is 6.42 Å². The Kier molecular flexibility index (Phi) is 4.12. The molecule has 0 radical (unpaired) electrons. The number of nitrogens with zero attached hydrogens (tertiary/aromatic N) is 2. The van der Waals surface area contributed by atoms with Crippen molar-refractivity contribution in [1.29, 1.82) is 0 Å². The summed E-state index contributed by atoms with van der Waals surface area (Å²) in [6.45, 7) is 1.49. The Balaban J connectivity index is 2.45. The van der Waals surface area contributed by atoms with Gasteiger partial charge in [-0.3, -0.25) is 9.69 Å². The fourth-order valence-electron chi connectivity index (χ4n) is 1.37. The molecule has 1 aliphatic heterocycles. The predicted molar refractivity (Wildman–Crippen MR) is 52.3 cm³/mol. The van der Waals surface area contributed by atoms with Crippen molar-refractivity contribution in [2.75, 3.05) is 26.7 Å². The van der Waals surface area contributed by atoms with Crippen LogP contribution in [0.4, 0.5) is 0 Å². The molecule has 1 heterocycles. The van der Waals surface area contributed by atoms with Gasteiger partial charge in [-0.25, -0.2) is 0 Å². The van der Waals surface area contributed by atoms with Gasteiger partial charge in [0.1, 0.15) is 7.11 Å². The van der Waals surface area contributed by atoms with Crippen LogP contribution in [0.5, 0.6) is 0 Å². The van der Waals surface area contributed by atoms with Gasteiger partial charge in [-0.15, -0.1) is 0 Å². The fraction of sp³-hybridized carbons (Fsp3) is 0.556. The molecule has 1 rings (SSSR count). The molecule has 14 heavy (non-hydrogen) atoms. The second-order valence-electron chi connectivity index (χ2n) is 3.09. The van der Waals surface area contributed by atoms with Gasteiger partial charge in [0.2, 0.25) is 0 Å². The molecule has 0 aromatic heterocycles. The maximum Gasteiger partial charge on any atom is 0.317 e. The molecule has 0 unspecified atom stereocenters. The first kappa shape index (κ1) is 10.7. The lowest BCUT2D eigenvalue weighted by molar-refractivity contribution is -0.138. The van der Waals surface area contributed by atoms with Crippen molar-refractivity contribution in [3.8, 4) is 0 Å². The van der Waals surface area contributed by atoms with E-state index in [0.29, 0.717) is 6.54 Å². The minimum atomic E-state index is -0.796. The van der Waals surface area contributed by atoms with E-state index in [4.69, 9.17) is 5.11 Å². The van der Waals surface area contributed by atoms with E-state index >= 15 is 0 Å². The monoisotopic (exact) mass is 198 g/mol. The highest BCUT2D eigenvalue weighted by atomic mass is 16.6. The zero-order valence-corrected chi connectivity index (χ0v) is 8.14. The second-order valence-corrected chi connectivity index (χ2v) is 3.09. The molecule has 5 nitrogen and oxygen atoms in total. The number of hydrogen-bond donors (Lipinski definition) is 1. The van der Waals surface area contributed by atoms with E-state index in [9.17, 15) is 4.79 Å². The smallest absolute Gasteiger partial charge is 0.317 e. The molecule has 0 aromatic carbocycles. The number of hydrogen-bond acceptors (Lipinski definition) is 4. The largest absolute Gasteiger partial charge is 0.480 e. The fourth-order valence-corrected chi connectivity index (χ4v) is 1.37. The highest BCUT2D eigenvalue weighted by Crippen LogP contribution is 2.07. The van der Waals surface area contributed by atoms with Crippen molar-refractivity contribution >= 4 is 12.2 Å². The van der Waals surface area contributed by atoms with Gasteiger partial charge >= 0.3 is 5.97 Å². The standard InChI is InChI=1S/C9H14N2O3/c1-14-10-5-8-3-2-4-11(6-8)7-9(12)13/h3,5H,2,4,6-7H2,1H3,(H,12,13). The van der Waals surface area contributed by atoms with Crippen molar-refractivity contribution in [3.05, 3.63) is 11.6 Å². The molecule has 0 saturated heterocycles. The zero-order chi connectivity index (χ0) is 10.4. The summed E-state index contributed by atoms with van der Waals surface area (Å²) < 4.78 is 0. The van der Waals surface area contributed by atoms with E-state index in [1.54, 1.807) is 6.21 Å². The Morgan fingerprint density at radius 2 is 2.64 bits per heavy atom. The van der Waals surface area contributed by atoms with Gasteiger partial charge < -0.3 is 9.94 Å². The highest BCUT2D eigenvalue weighted by Gasteiger charge is 2.13. The van der Waals surface area contributed by atoms with E-state index in [2.05, 4.69) is 9.99 Å². The van der Waals surface area contributed by atoms with Crippen molar-refractivity contribution < 1.29 is 14.7 Å². The molecular formula is C9H14N2O3. The minimum absolute atomic E-state index is 0.0815. The number of carboxylic acids is 1. The Morgan fingerprint density at radius 3 is 3.29 bits per heavy atom. The first-order valence-electron chi connectivity index (χ1n) is 4.42. The molecule has 0 spiro atoms. The highest BCUT2D eigenvalue weighted by molar-refractivity contribution is 5.79. The average Bonchev–Trinajstić information content (AvgIpc) is 2.14. The van der Waals surface area contributed by atoms with Crippen LogP contribution < -0.4 is 0 Å². The molecule has 78 valence electrons. The van der Waals surface area contributed by atoms with Gasteiger partial charge in [-0.2, -0.15) is 0 Å². The SMILES string of the molecule is CON=CC1=CCCN(CC(=O)O)C1. The molecule has 0 saturated carbocycles. The summed E-state index contributed by atoms with van der Waals surface area (Å²) in [5, 5.41) is 12.3. The van der Waals surface area contributed by atoms with Gasteiger partial charge in [0.25, 0.3) is 0 Å². The Labute approximate surface area is 82.6 Å². The van der Waals surface area contributed by atoms with Crippen LogP contribution in [-0.2, 0) is 9.63 Å². The Hall–Kier alpha value is -1.36. The molecule has 5 heteroatoms. The molecule has 0 atom stereocenters. The van der Waals surface area contributed by atoms with Crippen molar-refractivity contribution in [2.24, 2.45) is 5.16 Å². The van der Waals surface area contributed by atoms with E-state index in [1.165, 1.54) is 7.11 Å². The van der Waals surface area contributed by atoms with Gasteiger partial charge in [-0.1, -0.05) is 11.2 Å². The van der Waals surface area contributed by atoms with Crippen molar-refractivity contribution in [1.82, 2.24) is 4.90 Å². The van der Waals surface area contributed by atoms with Crippen molar-refractivity contribution in [3.63, 3.8) is 0 Å². The van der Waals surface area contributed by atoms with Crippen LogP contribution in [0, 0.1) is 0 Å². The number of oxime groups is 1.